The van der Waals surface area contributed by atoms with E-state index in [1.165, 1.54) is 30.4 Å². The second-order valence-electron chi connectivity index (χ2n) is 5.99. The van der Waals surface area contributed by atoms with Crippen LogP contribution in [0.15, 0.2) is 24.3 Å². The molecule has 0 radical (unpaired) electrons. The molecule has 0 heteroatoms. The van der Waals surface area contributed by atoms with E-state index in [-0.39, 0.29) is 0 Å². The van der Waals surface area contributed by atoms with Crippen LogP contribution in [0.25, 0.3) is 0 Å². The van der Waals surface area contributed by atoms with Gasteiger partial charge in [0.15, 0.2) is 0 Å². The van der Waals surface area contributed by atoms with Crippen molar-refractivity contribution in [3.8, 4) is 0 Å². The zero-order valence-corrected chi connectivity index (χ0v) is 11.5. The molecule has 90 valence electrons. The lowest BCUT2D eigenvalue weighted by molar-refractivity contribution is 0.270. The number of hydrogen-bond acceptors (Lipinski definition) is 0. The molecule has 1 rings (SSSR count). The number of aryl methyl sites for hydroxylation is 1. The summed E-state index contributed by atoms with van der Waals surface area (Å²) in [6.45, 7) is 11.7. The van der Waals surface area contributed by atoms with Gasteiger partial charge in [0.1, 0.15) is 0 Å². The highest BCUT2D eigenvalue weighted by molar-refractivity contribution is 5.26. The van der Waals surface area contributed by atoms with Gasteiger partial charge >= 0.3 is 0 Å². The molecule has 16 heavy (non-hydrogen) atoms. The van der Waals surface area contributed by atoms with Crippen LogP contribution in [0.4, 0.5) is 0 Å². The third kappa shape index (κ3) is 4.00. The molecule has 0 aliphatic carbocycles. The van der Waals surface area contributed by atoms with Crippen LogP contribution in [0.5, 0.6) is 0 Å². The summed E-state index contributed by atoms with van der Waals surface area (Å²) in [6, 6.07) is 8.77. The number of benzene rings is 1. The fraction of sp³-hybridized carbons (Fsp3) is 0.625. The molecule has 0 aromatic heterocycles. The lowest BCUT2D eigenvalue weighted by Gasteiger charge is -2.28. The van der Waals surface area contributed by atoms with E-state index in [0.717, 1.165) is 5.92 Å². The van der Waals surface area contributed by atoms with E-state index in [2.05, 4.69) is 58.9 Å². The molecular formula is C16H26. The van der Waals surface area contributed by atoms with Crippen molar-refractivity contribution in [3.63, 3.8) is 0 Å². The molecule has 0 nitrogen and oxygen atoms in total. The first-order valence-electron chi connectivity index (χ1n) is 6.49. The first-order chi connectivity index (χ1) is 7.44. The van der Waals surface area contributed by atoms with Crippen LogP contribution in [0, 0.1) is 18.3 Å². The second-order valence-corrected chi connectivity index (χ2v) is 5.99. The Bertz CT molecular complexity index is 323. The van der Waals surface area contributed by atoms with Crippen LogP contribution in [-0.2, 0) is 6.42 Å². The van der Waals surface area contributed by atoms with Crippen molar-refractivity contribution >= 4 is 0 Å². The van der Waals surface area contributed by atoms with Crippen LogP contribution in [0.2, 0.25) is 0 Å². The number of hydrogen-bond donors (Lipinski definition) is 0. The van der Waals surface area contributed by atoms with Crippen molar-refractivity contribution in [1.82, 2.24) is 0 Å². The average Bonchev–Trinajstić information content (AvgIpc) is 2.20. The van der Waals surface area contributed by atoms with Crippen molar-refractivity contribution in [3.05, 3.63) is 35.4 Å². The summed E-state index contributed by atoms with van der Waals surface area (Å²) in [4.78, 5) is 0. The number of rotatable bonds is 5. The van der Waals surface area contributed by atoms with Crippen LogP contribution in [0.3, 0.4) is 0 Å². The molecular weight excluding hydrogens is 192 g/mol. The van der Waals surface area contributed by atoms with Gasteiger partial charge in [0.05, 0.1) is 0 Å². The highest BCUT2D eigenvalue weighted by Crippen LogP contribution is 2.31. The van der Waals surface area contributed by atoms with Crippen LogP contribution >= 0.6 is 0 Å². The third-order valence-electron chi connectivity index (χ3n) is 3.53. The van der Waals surface area contributed by atoms with Gasteiger partial charge < -0.3 is 0 Å². The van der Waals surface area contributed by atoms with Gasteiger partial charge in [-0.1, -0.05) is 58.4 Å². The zero-order chi connectivity index (χ0) is 12.2. The maximum absolute atomic E-state index is 2.39. The minimum Gasteiger partial charge on any atom is -0.0651 e. The molecule has 1 unspecified atom stereocenters. The summed E-state index contributed by atoms with van der Waals surface area (Å²) in [5.74, 6) is 0.832. The summed E-state index contributed by atoms with van der Waals surface area (Å²) < 4.78 is 0. The molecule has 0 aliphatic rings. The van der Waals surface area contributed by atoms with Gasteiger partial charge in [-0.15, -0.1) is 0 Å². The molecule has 1 atom stereocenters. The molecule has 0 heterocycles. The smallest absolute Gasteiger partial charge is 0.0225 e. The van der Waals surface area contributed by atoms with Gasteiger partial charge in [-0.25, -0.2) is 0 Å². The predicted octanol–water partition coefficient (Wildman–Crippen LogP) is 5.00. The largest absolute Gasteiger partial charge is 0.0651 e. The highest BCUT2D eigenvalue weighted by atomic mass is 14.3. The zero-order valence-electron chi connectivity index (χ0n) is 11.5. The van der Waals surface area contributed by atoms with Crippen molar-refractivity contribution < 1.29 is 0 Å². The highest BCUT2D eigenvalue weighted by Gasteiger charge is 2.21. The SMILES string of the molecule is CCC(C)CC(C)(C)Cc1ccccc1C. The Labute approximate surface area is 101 Å². The first kappa shape index (κ1) is 13.3. The lowest BCUT2D eigenvalue weighted by Crippen LogP contribution is -2.19. The van der Waals surface area contributed by atoms with E-state index in [1.54, 1.807) is 0 Å². The summed E-state index contributed by atoms with van der Waals surface area (Å²) in [7, 11) is 0. The van der Waals surface area contributed by atoms with Gasteiger partial charge in [-0.2, -0.15) is 0 Å². The Morgan fingerprint density at radius 2 is 1.81 bits per heavy atom. The van der Waals surface area contributed by atoms with Gasteiger partial charge in [0, 0.05) is 0 Å². The molecule has 1 aromatic rings. The van der Waals surface area contributed by atoms with E-state index in [4.69, 9.17) is 0 Å². The third-order valence-corrected chi connectivity index (χ3v) is 3.53. The van der Waals surface area contributed by atoms with E-state index >= 15 is 0 Å². The van der Waals surface area contributed by atoms with E-state index in [0.29, 0.717) is 5.41 Å². The van der Waals surface area contributed by atoms with Crippen molar-refractivity contribution in [1.29, 1.82) is 0 Å². The molecule has 0 spiro atoms. The molecule has 1 aromatic carbocycles. The minimum atomic E-state index is 0.418. The van der Waals surface area contributed by atoms with Gasteiger partial charge in [-0.3, -0.25) is 0 Å². The molecule has 0 amide bonds. The summed E-state index contributed by atoms with van der Waals surface area (Å²) in [6.07, 6.45) is 3.80. The first-order valence-corrected chi connectivity index (χ1v) is 6.49. The van der Waals surface area contributed by atoms with E-state index < -0.39 is 0 Å². The second kappa shape index (κ2) is 5.52. The molecule has 0 aliphatic heterocycles. The molecule has 0 bridgehead atoms. The maximum atomic E-state index is 2.39. The maximum Gasteiger partial charge on any atom is -0.0225 e. The molecule has 0 saturated carbocycles. The van der Waals surface area contributed by atoms with Crippen LogP contribution in [0.1, 0.15) is 51.7 Å². The molecule has 0 saturated heterocycles. The topological polar surface area (TPSA) is 0 Å². The summed E-state index contributed by atoms with van der Waals surface area (Å²) in [5.41, 5.74) is 3.36. The summed E-state index contributed by atoms with van der Waals surface area (Å²) >= 11 is 0. The molecule has 0 N–H and O–H groups in total. The Hall–Kier alpha value is -0.780. The van der Waals surface area contributed by atoms with E-state index in [9.17, 15) is 0 Å². The predicted molar refractivity (Wildman–Crippen MR) is 72.7 cm³/mol. The van der Waals surface area contributed by atoms with E-state index in [1.807, 2.05) is 0 Å². The van der Waals surface area contributed by atoms with Crippen molar-refractivity contribution in [2.24, 2.45) is 11.3 Å². The van der Waals surface area contributed by atoms with Crippen LogP contribution < -0.4 is 0 Å². The fourth-order valence-corrected chi connectivity index (χ4v) is 2.48. The Balaban J connectivity index is 2.69. The lowest BCUT2D eigenvalue weighted by atomic mass is 9.77. The normalized spacial score (nSPS) is 13.8. The Morgan fingerprint density at radius 3 is 2.38 bits per heavy atom. The average molecular weight is 218 g/mol. The van der Waals surface area contributed by atoms with Crippen LogP contribution in [-0.4, -0.2) is 0 Å². The quantitative estimate of drug-likeness (QED) is 0.652. The van der Waals surface area contributed by atoms with Gasteiger partial charge in [-0.05, 0) is 42.2 Å². The minimum absolute atomic E-state index is 0.418. The van der Waals surface area contributed by atoms with Crippen molar-refractivity contribution in [2.75, 3.05) is 0 Å². The fourth-order valence-electron chi connectivity index (χ4n) is 2.48. The standard InChI is InChI=1S/C16H26/c1-6-13(2)11-16(4,5)12-15-10-8-7-9-14(15)3/h7-10,13H,6,11-12H2,1-5H3. The van der Waals surface area contributed by atoms with Crippen molar-refractivity contribution in [2.45, 2.75) is 53.9 Å². The van der Waals surface area contributed by atoms with Gasteiger partial charge in [0.2, 0.25) is 0 Å². The Morgan fingerprint density at radius 1 is 1.19 bits per heavy atom. The summed E-state index contributed by atoms with van der Waals surface area (Å²) in [5, 5.41) is 0. The Kier molecular flexibility index (Phi) is 4.58. The van der Waals surface area contributed by atoms with Gasteiger partial charge in [0.25, 0.3) is 0 Å². The molecule has 0 fully saturated rings. The monoisotopic (exact) mass is 218 g/mol.